The molecule has 0 bridgehead atoms. The van der Waals surface area contributed by atoms with Gasteiger partial charge in [0.05, 0.1) is 18.1 Å². The highest BCUT2D eigenvalue weighted by Crippen LogP contribution is 2.35. The summed E-state index contributed by atoms with van der Waals surface area (Å²) in [7, 11) is 1.77. The molecule has 0 spiro atoms. The molecular weight excluding hydrogens is 380 g/mol. The number of amides is 2. The summed E-state index contributed by atoms with van der Waals surface area (Å²) >= 11 is 0. The highest BCUT2D eigenvalue weighted by atomic mass is 16.2. The maximum absolute atomic E-state index is 13.7. The highest BCUT2D eigenvalue weighted by Gasteiger charge is 2.47. The van der Waals surface area contributed by atoms with Crippen LogP contribution in [0, 0.1) is 5.92 Å². The van der Waals surface area contributed by atoms with Gasteiger partial charge in [-0.3, -0.25) is 9.59 Å². The van der Waals surface area contributed by atoms with Crippen LogP contribution in [0.25, 0.3) is 0 Å². The van der Waals surface area contributed by atoms with Crippen molar-refractivity contribution in [3.8, 4) is 0 Å². The molecule has 1 aliphatic carbocycles. The van der Waals surface area contributed by atoms with Crippen LogP contribution in [0.2, 0.25) is 0 Å². The second-order valence-corrected chi connectivity index (χ2v) is 8.88. The average molecular weight is 415 g/mol. The molecule has 2 N–H and O–H groups in total. The number of nitrogens with zero attached hydrogens (tertiary/aromatic N) is 4. The van der Waals surface area contributed by atoms with Gasteiger partial charge in [-0.15, -0.1) is 0 Å². The van der Waals surface area contributed by atoms with E-state index >= 15 is 0 Å². The second-order valence-electron chi connectivity index (χ2n) is 8.88. The Morgan fingerprint density at radius 3 is 2.43 bits per heavy atom. The number of carbonyl (C=O) groups excluding carboxylic acids is 2. The van der Waals surface area contributed by atoms with Gasteiger partial charge in [0.2, 0.25) is 17.8 Å². The zero-order valence-corrected chi connectivity index (χ0v) is 18.1. The molecule has 1 aromatic heterocycles. The number of aromatic nitrogens is 2. The van der Waals surface area contributed by atoms with Crippen molar-refractivity contribution in [2.24, 2.45) is 5.92 Å². The Kier molecular flexibility index (Phi) is 6.51. The molecule has 8 heteroatoms. The first-order valence-electron chi connectivity index (χ1n) is 11.4. The van der Waals surface area contributed by atoms with Gasteiger partial charge in [-0.1, -0.05) is 19.3 Å². The first-order valence-corrected chi connectivity index (χ1v) is 11.4. The van der Waals surface area contributed by atoms with Gasteiger partial charge in [-0.05, 0) is 51.6 Å². The average Bonchev–Trinajstić information content (AvgIpc) is 3.39. The number of likely N-dealkylation sites (tertiary alicyclic amines) is 1. The van der Waals surface area contributed by atoms with Crippen LogP contribution < -0.4 is 15.5 Å². The number of likely N-dealkylation sites (N-methyl/N-ethyl adjacent to an activating group) is 1. The summed E-state index contributed by atoms with van der Waals surface area (Å²) in [6.07, 6.45) is 10.9. The molecule has 3 unspecified atom stereocenters. The number of hydrogen-bond acceptors (Lipinski definition) is 6. The molecule has 0 radical (unpaired) electrons. The Bertz CT molecular complexity index is 738. The first-order chi connectivity index (χ1) is 14.6. The van der Waals surface area contributed by atoms with Gasteiger partial charge >= 0.3 is 0 Å². The number of anilines is 1. The lowest BCUT2D eigenvalue weighted by Crippen LogP contribution is -2.56. The van der Waals surface area contributed by atoms with Crippen LogP contribution in [0.3, 0.4) is 0 Å². The van der Waals surface area contributed by atoms with Crippen LogP contribution in [0.4, 0.5) is 5.95 Å². The summed E-state index contributed by atoms with van der Waals surface area (Å²) in [5.41, 5.74) is 0. The molecule has 3 aliphatic rings. The van der Waals surface area contributed by atoms with E-state index in [-0.39, 0.29) is 35.9 Å². The van der Waals surface area contributed by atoms with Crippen molar-refractivity contribution in [2.75, 3.05) is 25.0 Å². The Morgan fingerprint density at radius 1 is 1.03 bits per heavy atom. The largest absolute Gasteiger partial charge is 0.343 e. The van der Waals surface area contributed by atoms with Gasteiger partial charge in [0.25, 0.3) is 0 Å². The van der Waals surface area contributed by atoms with Crippen molar-refractivity contribution in [3.63, 3.8) is 0 Å². The normalized spacial score (nSPS) is 26.3. The van der Waals surface area contributed by atoms with E-state index in [1.807, 2.05) is 17.9 Å². The Hall–Kier alpha value is -2.22. The number of carbonyl (C=O) groups is 2. The maximum Gasteiger partial charge on any atom is 0.245 e. The van der Waals surface area contributed by atoms with Crippen LogP contribution >= 0.6 is 0 Å². The molecule has 1 saturated carbocycles. The van der Waals surface area contributed by atoms with Gasteiger partial charge < -0.3 is 20.4 Å². The van der Waals surface area contributed by atoms with Crippen LogP contribution in [0.15, 0.2) is 18.5 Å². The molecule has 2 amide bonds. The summed E-state index contributed by atoms with van der Waals surface area (Å²) in [5, 5.41) is 6.09. The highest BCUT2D eigenvalue weighted by molar-refractivity contribution is 5.90. The molecule has 2 saturated heterocycles. The fraction of sp³-hybridized carbons (Fsp3) is 0.727. The van der Waals surface area contributed by atoms with Crippen molar-refractivity contribution in [2.45, 2.75) is 76.0 Å². The third-order valence-electron chi connectivity index (χ3n) is 7.18. The maximum atomic E-state index is 13.7. The van der Waals surface area contributed by atoms with E-state index in [9.17, 15) is 9.59 Å². The molecule has 0 aromatic carbocycles. The lowest BCUT2D eigenvalue weighted by Gasteiger charge is -2.35. The van der Waals surface area contributed by atoms with E-state index < -0.39 is 6.04 Å². The predicted molar refractivity (Wildman–Crippen MR) is 115 cm³/mol. The molecule has 4 rings (SSSR count). The van der Waals surface area contributed by atoms with Gasteiger partial charge in [0, 0.05) is 25.5 Å². The van der Waals surface area contributed by atoms with Crippen molar-refractivity contribution in [3.05, 3.63) is 18.5 Å². The van der Waals surface area contributed by atoms with E-state index in [1.54, 1.807) is 19.4 Å². The van der Waals surface area contributed by atoms with Crippen LogP contribution in [-0.4, -0.2) is 71.0 Å². The standard InChI is InChI=1S/C22H34N6O2/c1-15(23-2)20(29)26-19(16-7-4-3-5-8-16)21(30)27-13-9-18-17(27)10-14-28(18)22-24-11-6-12-25-22/h6,11-12,15-19,23H,3-5,7-10,13-14H2,1-2H3,(H,26,29)/t15-,17?,18?,19?/m0/s1. The number of hydrogen-bond donors (Lipinski definition) is 2. The molecule has 164 valence electrons. The fourth-order valence-electron chi connectivity index (χ4n) is 5.38. The van der Waals surface area contributed by atoms with Crippen molar-refractivity contribution >= 4 is 17.8 Å². The fourth-order valence-corrected chi connectivity index (χ4v) is 5.38. The zero-order chi connectivity index (χ0) is 21.1. The molecule has 1 aromatic rings. The minimum Gasteiger partial charge on any atom is -0.343 e. The van der Waals surface area contributed by atoms with Gasteiger partial charge in [0.1, 0.15) is 6.04 Å². The van der Waals surface area contributed by atoms with E-state index in [4.69, 9.17) is 0 Å². The molecule has 8 nitrogen and oxygen atoms in total. The SMILES string of the molecule is CN[C@@H](C)C(=O)NC(C(=O)N1CCC2C1CCN2c1ncccn1)C1CCCCC1. The molecular formula is C22H34N6O2. The molecule has 3 fully saturated rings. The van der Waals surface area contributed by atoms with Crippen LogP contribution in [0.1, 0.15) is 51.9 Å². The summed E-state index contributed by atoms with van der Waals surface area (Å²) in [6, 6.07) is 1.52. The number of fused-ring (bicyclic) bond motifs is 1. The van der Waals surface area contributed by atoms with Crippen molar-refractivity contribution < 1.29 is 9.59 Å². The summed E-state index contributed by atoms with van der Waals surface area (Å²) in [6.45, 7) is 3.43. The van der Waals surface area contributed by atoms with Crippen molar-refractivity contribution in [1.29, 1.82) is 0 Å². The van der Waals surface area contributed by atoms with E-state index in [2.05, 4.69) is 25.5 Å². The summed E-state index contributed by atoms with van der Waals surface area (Å²) in [5.74, 6) is 0.984. The lowest BCUT2D eigenvalue weighted by atomic mass is 9.83. The minimum atomic E-state index is -0.422. The van der Waals surface area contributed by atoms with Gasteiger partial charge in [-0.2, -0.15) is 0 Å². The quantitative estimate of drug-likeness (QED) is 0.730. The second kappa shape index (κ2) is 9.29. The summed E-state index contributed by atoms with van der Waals surface area (Å²) < 4.78 is 0. The Balaban J connectivity index is 1.49. The molecule has 2 aliphatic heterocycles. The predicted octanol–water partition coefficient (Wildman–Crippen LogP) is 1.33. The number of nitrogens with one attached hydrogen (secondary N) is 2. The topological polar surface area (TPSA) is 90.5 Å². The molecule has 30 heavy (non-hydrogen) atoms. The van der Waals surface area contributed by atoms with E-state index in [0.29, 0.717) is 0 Å². The third kappa shape index (κ3) is 4.15. The van der Waals surface area contributed by atoms with Crippen molar-refractivity contribution in [1.82, 2.24) is 25.5 Å². The van der Waals surface area contributed by atoms with E-state index in [0.717, 1.165) is 57.6 Å². The number of rotatable bonds is 6. The molecule has 4 atom stereocenters. The monoisotopic (exact) mass is 414 g/mol. The lowest BCUT2D eigenvalue weighted by molar-refractivity contribution is -0.139. The third-order valence-corrected chi connectivity index (χ3v) is 7.18. The Morgan fingerprint density at radius 2 is 1.73 bits per heavy atom. The van der Waals surface area contributed by atoms with Gasteiger partial charge in [-0.25, -0.2) is 9.97 Å². The van der Waals surface area contributed by atoms with E-state index in [1.165, 1.54) is 6.42 Å². The van der Waals surface area contributed by atoms with Crippen LogP contribution in [-0.2, 0) is 9.59 Å². The summed E-state index contributed by atoms with van der Waals surface area (Å²) in [4.78, 5) is 39.5. The Labute approximate surface area is 178 Å². The van der Waals surface area contributed by atoms with Gasteiger partial charge in [0.15, 0.2) is 0 Å². The first kappa shape index (κ1) is 21.0. The van der Waals surface area contributed by atoms with Crippen LogP contribution in [0.5, 0.6) is 0 Å². The zero-order valence-electron chi connectivity index (χ0n) is 18.1. The molecule has 3 heterocycles. The smallest absolute Gasteiger partial charge is 0.245 e. The minimum absolute atomic E-state index is 0.0945.